The van der Waals surface area contributed by atoms with E-state index in [0.29, 0.717) is 6.61 Å². The maximum Gasteiger partial charge on any atom is 0.202 e. The number of halogens is 1. The van der Waals surface area contributed by atoms with Crippen LogP contribution in [0.15, 0.2) is 91.1 Å². The minimum absolute atomic E-state index is 0. The van der Waals surface area contributed by atoms with Crippen LogP contribution in [-0.2, 0) is 19.7 Å². The van der Waals surface area contributed by atoms with Gasteiger partial charge < -0.3 is 26.3 Å². The van der Waals surface area contributed by atoms with E-state index in [2.05, 4.69) is 108 Å². The maximum atomic E-state index is 6.19. The number of pyridine rings is 1. The quantitative estimate of drug-likeness (QED) is 0.288. The Balaban J connectivity index is 0.00000274. The Labute approximate surface area is 212 Å². The van der Waals surface area contributed by atoms with Crippen molar-refractivity contribution in [3.05, 3.63) is 108 Å². The molecular weight excluding hydrogens is 484 g/mol. The van der Waals surface area contributed by atoms with Gasteiger partial charge in [-0.3, -0.25) is 0 Å². The lowest BCUT2D eigenvalue weighted by Gasteiger charge is -2.11. The van der Waals surface area contributed by atoms with Gasteiger partial charge in [-0.2, -0.15) is 0 Å². The van der Waals surface area contributed by atoms with Crippen LogP contribution in [-0.4, -0.2) is 4.57 Å². The van der Waals surface area contributed by atoms with E-state index in [9.17, 15) is 0 Å². The number of benzene rings is 3. The molecule has 2 aromatic heterocycles. The molecule has 174 valence electrons. The second kappa shape index (κ2) is 10.9. The second-order valence-electron chi connectivity index (χ2n) is 8.74. The fraction of sp³-hybridized carbons (Fsp3) is 0.233. The monoisotopic (exact) mass is 514 g/mol. The molecule has 2 heterocycles. The molecular formula is C30H31BrN2O. The molecule has 0 atom stereocenters. The number of hydrogen-bond donors (Lipinski definition) is 0. The molecule has 0 saturated carbocycles. The molecule has 0 unspecified atom stereocenters. The number of fused-ring (bicyclic) bond motifs is 3. The van der Waals surface area contributed by atoms with Crippen molar-refractivity contribution in [1.29, 1.82) is 0 Å². The first-order chi connectivity index (χ1) is 16.2. The van der Waals surface area contributed by atoms with Crippen LogP contribution in [0.1, 0.15) is 36.6 Å². The normalized spacial score (nSPS) is 11.0. The number of rotatable bonds is 8. The fourth-order valence-corrected chi connectivity index (χ4v) is 4.66. The molecule has 5 aromatic rings. The SMILES string of the molecule is CCCC[n+]1ccc2c3ccc(OCc4ccccc4)cc3n(Cc3ccccc3)c2c1C.[Br-]. The molecule has 0 aliphatic heterocycles. The number of unbranched alkanes of at least 4 members (excludes halogenated alkanes) is 1. The van der Waals surface area contributed by atoms with E-state index in [1.165, 1.54) is 51.5 Å². The van der Waals surface area contributed by atoms with Crippen molar-refractivity contribution < 1.29 is 26.3 Å². The molecule has 0 fully saturated rings. The standard InChI is InChI=1S/C30H31N2O.BrH/c1-3-4-18-31-19-17-28-27-16-15-26(33-22-25-13-9-6-10-14-25)20-29(27)32(30(28)23(31)2)21-24-11-7-5-8-12-24;/h5-17,19-20H,3-4,18,21-22H2,1-2H3;1H/q+1;/p-1. The minimum atomic E-state index is 0. The van der Waals surface area contributed by atoms with Crippen LogP contribution >= 0.6 is 0 Å². The third-order valence-corrected chi connectivity index (χ3v) is 6.45. The van der Waals surface area contributed by atoms with Gasteiger partial charge in [-0.1, -0.05) is 74.0 Å². The van der Waals surface area contributed by atoms with Crippen LogP contribution in [0.5, 0.6) is 5.75 Å². The molecule has 34 heavy (non-hydrogen) atoms. The summed E-state index contributed by atoms with van der Waals surface area (Å²) in [5.74, 6) is 0.903. The smallest absolute Gasteiger partial charge is 0.202 e. The summed E-state index contributed by atoms with van der Waals surface area (Å²) in [5, 5.41) is 2.58. The molecule has 0 N–H and O–H groups in total. The average molecular weight is 515 g/mol. The minimum Gasteiger partial charge on any atom is -1.00 e. The zero-order chi connectivity index (χ0) is 22.6. The summed E-state index contributed by atoms with van der Waals surface area (Å²) in [5.41, 5.74) is 6.33. The van der Waals surface area contributed by atoms with Crippen LogP contribution in [0.2, 0.25) is 0 Å². The largest absolute Gasteiger partial charge is 1.00 e. The molecule has 5 rings (SSSR count). The van der Waals surface area contributed by atoms with E-state index in [1.807, 2.05) is 6.07 Å². The molecule has 0 saturated heterocycles. The van der Waals surface area contributed by atoms with Gasteiger partial charge in [-0.05, 0) is 23.3 Å². The van der Waals surface area contributed by atoms with E-state index in [-0.39, 0.29) is 17.0 Å². The summed E-state index contributed by atoms with van der Waals surface area (Å²) in [7, 11) is 0. The Hall–Kier alpha value is -3.11. The lowest BCUT2D eigenvalue weighted by atomic mass is 10.1. The molecule has 3 aromatic carbocycles. The van der Waals surface area contributed by atoms with Crippen LogP contribution in [0.25, 0.3) is 21.8 Å². The van der Waals surface area contributed by atoms with Crippen molar-refractivity contribution in [3.63, 3.8) is 0 Å². The summed E-state index contributed by atoms with van der Waals surface area (Å²) < 4.78 is 11.1. The number of ether oxygens (including phenoxy) is 1. The Kier molecular flexibility index (Phi) is 7.69. The Bertz CT molecular complexity index is 1380. The number of aryl methyl sites for hydroxylation is 2. The summed E-state index contributed by atoms with van der Waals surface area (Å²) in [6.07, 6.45) is 4.63. The van der Waals surface area contributed by atoms with Crippen molar-refractivity contribution in [3.8, 4) is 5.75 Å². The third kappa shape index (κ3) is 4.88. The summed E-state index contributed by atoms with van der Waals surface area (Å²) in [4.78, 5) is 0. The van der Waals surface area contributed by atoms with Crippen LogP contribution in [0.3, 0.4) is 0 Å². The van der Waals surface area contributed by atoms with E-state index in [4.69, 9.17) is 4.74 Å². The lowest BCUT2D eigenvalue weighted by Crippen LogP contribution is -3.00. The fourth-order valence-electron chi connectivity index (χ4n) is 4.66. The molecule has 0 amide bonds. The maximum absolute atomic E-state index is 6.19. The Morgan fingerprint density at radius 3 is 2.24 bits per heavy atom. The lowest BCUT2D eigenvalue weighted by molar-refractivity contribution is -0.701. The molecule has 3 nitrogen and oxygen atoms in total. The molecule has 0 radical (unpaired) electrons. The highest BCUT2D eigenvalue weighted by Gasteiger charge is 2.20. The first-order valence-corrected chi connectivity index (χ1v) is 11.9. The number of hydrogen-bond acceptors (Lipinski definition) is 1. The van der Waals surface area contributed by atoms with Crippen LogP contribution in [0.4, 0.5) is 0 Å². The molecule has 0 spiro atoms. The van der Waals surface area contributed by atoms with E-state index in [0.717, 1.165) is 18.8 Å². The highest BCUT2D eigenvalue weighted by Crippen LogP contribution is 2.33. The van der Waals surface area contributed by atoms with Gasteiger partial charge in [-0.15, -0.1) is 0 Å². The van der Waals surface area contributed by atoms with E-state index < -0.39 is 0 Å². The van der Waals surface area contributed by atoms with Gasteiger partial charge in [0.15, 0.2) is 6.20 Å². The Morgan fingerprint density at radius 2 is 1.53 bits per heavy atom. The first-order valence-electron chi connectivity index (χ1n) is 11.9. The van der Waals surface area contributed by atoms with Crippen molar-refractivity contribution in [2.75, 3.05) is 0 Å². The van der Waals surface area contributed by atoms with E-state index >= 15 is 0 Å². The molecule has 0 aliphatic carbocycles. The summed E-state index contributed by atoms with van der Waals surface area (Å²) in [6.45, 7) is 6.96. The third-order valence-electron chi connectivity index (χ3n) is 6.45. The second-order valence-corrected chi connectivity index (χ2v) is 8.74. The predicted octanol–water partition coefficient (Wildman–Crippen LogP) is 3.82. The predicted molar refractivity (Wildman–Crippen MR) is 136 cm³/mol. The van der Waals surface area contributed by atoms with Gasteiger partial charge >= 0.3 is 0 Å². The van der Waals surface area contributed by atoms with Crippen molar-refractivity contribution in [1.82, 2.24) is 4.57 Å². The first kappa shape index (κ1) is 24.0. The van der Waals surface area contributed by atoms with Gasteiger partial charge in [-0.25, -0.2) is 4.57 Å². The van der Waals surface area contributed by atoms with Gasteiger partial charge in [0.25, 0.3) is 0 Å². The van der Waals surface area contributed by atoms with E-state index in [1.54, 1.807) is 0 Å². The van der Waals surface area contributed by atoms with Crippen LogP contribution < -0.4 is 26.3 Å². The average Bonchev–Trinajstić information content (AvgIpc) is 3.17. The zero-order valence-electron chi connectivity index (χ0n) is 19.9. The molecule has 4 heteroatoms. The van der Waals surface area contributed by atoms with Gasteiger partial charge in [0, 0.05) is 42.8 Å². The number of nitrogens with zero attached hydrogens (tertiary/aromatic N) is 2. The van der Waals surface area contributed by atoms with Crippen molar-refractivity contribution >= 4 is 21.8 Å². The highest BCUT2D eigenvalue weighted by atomic mass is 79.9. The highest BCUT2D eigenvalue weighted by molar-refractivity contribution is 6.08. The molecule has 0 bridgehead atoms. The van der Waals surface area contributed by atoms with Crippen molar-refractivity contribution in [2.45, 2.75) is 46.4 Å². The summed E-state index contributed by atoms with van der Waals surface area (Å²) >= 11 is 0. The van der Waals surface area contributed by atoms with Gasteiger partial charge in [0.2, 0.25) is 5.69 Å². The number of aromatic nitrogens is 2. The molecule has 0 aliphatic rings. The van der Waals surface area contributed by atoms with Gasteiger partial charge in [0.1, 0.15) is 24.4 Å². The van der Waals surface area contributed by atoms with Crippen LogP contribution in [0, 0.1) is 6.92 Å². The van der Waals surface area contributed by atoms with Crippen molar-refractivity contribution in [2.24, 2.45) is 0 Å². The topological polar surface area (TPSA) is 18.0 Å². The summed E-state index contributed by atoms with van der Waals surface area (Å²) in [6, 6.07) is 29.9. The zero-order valence-corrected chi connectivity index (χ0v) is 21.5. The Morgan fingerprint density at radius 1 is 0.824 bits per heavy atom. The van der Waals surface area contributed by atoms with Gasteiger partial charge in [0.05, 0.1) is 5.52 Å².